The van der Waals surface area contributed by atoms with E-state index in [-0.39, 0.29) is 23.5 Å². The molecule has 1 aromatic carbocycles. The summed E-state index contributed by atoms with van der Waals surface area (Å²) in [6.07, 6.45) is 5.97. The number of carboxylic acid groups (broad SMARTS) is 1. The molecule has 136 valence electrons. The van der Waals surface area contributed by atoms with E-state index >= 15 is 0 Å². The summed E-state index contributed by atoms with van der Waals surface area (Å²) in [7, 11) is 0. The Labute approximate surface area is 151 Å². The summed E-state index contributed by atoms with van der Waals surface area (Å²) in [5, 5.41) is 8.94. The second-order valence-corrected chi connectivity index (χ2v) is 6.55. The third kappa shape index (κ3) is 4.25. The maximum Gasteiger partial charge on any atom is 0.354 e. The van der Waals surface area contributed by atoms with Crippen LogP contribution in [0.1, 0.15) is 52.1 Å². The van der Waals surface area contributed by atoms with Crippen LogP contribution in [0.5, 0.6) is 0 Å². The van der Waals surface area contributed by atoms with Crippen molar-refractivity contribution in [2.45, 2.75) is 38.1 Å². The predicted octanol–water partition coefficient (Wildman–Crippen LogP) is 3.55. The molecule has 1 heterocycles. The van der Waals surface area contributed by atoms with E-state index in [9.17, 15) is 14.0 Å². The Morgan fingerprint density at radius 3 is 2.58 bits per heavy atom. The van der Waals surface area contributed by atoms with Crippen molar-refractivity contribution >= 4 is 11.9 Å². The number of halogens is 1. The van der Waals surface area contributed by atoms with E-state index in [2.05, 4.69) is 4.98 Å². The van der Waals surface area contributed by atoms with Gasteiger partial charge in [0.1, 0.15) is 11.5 Å². The van der Waals surface area contributed by atoms with Gasteiger partial charge in [0, 0.05) is 18.8 Å². The number of pyridine rings is 1. The highest BCUT2D eigenvalue weighted by atomic mass is 19.1. The van der Waals surface area contributed by atoms with Gasteiger partial charge in [-0.25, -0.2) is 14.2 Å². The van der Waals surface area contributed by atoms with Crippen molar-refractivity contribution in [1.29, 1.82) is 0 Å². The largest absolute Gasteiger partial charge is 0.477 e. The number of carbonyl (C=O) groups excluding carboxylic acids is 1. The van der Waals surface area contributed by atoms with Crippen LogP contribution >= 0.6 is 0 Å². The quantitative estimate of drug-likeness (QED) is 0.859. The Morgan fingerprint density at radius 2 is 1.96 bits per heavy atom. The number of rotatable bonds is 6. The fraction of sp³-hybridized carbons (Fsp3) is 0.350. The molecule has 5 nitrogen and oxygen atoms in total. The van der Waals surface area contributed by atoms with E-state index in [1.807, 2.05) is 11.0 Å². The molecule has 0 bridgehead atoms. The van der Waals surface area contributed by atoms with Gasteiger partial charge in [-0.05, 0) is 49.1 Å². The molecule has 6 heteroatoms. The number of carbonyl (C=O) groups is 2. The lowest BCUT2D eigenvalue weighted by Gasteiger charge is -2.29. The second-order valence-electron chi connectivity index (χ2n) is 6.55. The fourth-order valence-corrected chi connectivity index (χ4v) is 3.42. The molecule has 26 heavy (non-hydrogen) atoms. The molecule has 1 N–H and O–H groups in total. The van der Waals surface area contributed by atoms with E-state index in [0.717, 1.165) is 31.2 Å². The van der Waals surface area contributed by atoms with Crippen LogP contribution in [0.3, 0.4) is 0 Å². The van der Waals surface area contributed by atoms with Gasteiger partial charge < -0.3 is 10.0 Å². The molecule has 0 saturated heterocycles. The van der Waals surface area contributed by atoms with Crippen LogP contribution in [0, 0.1) is 5.82 Å². The summed E-state index contributed by atoms with van der Waals surface area (Å²) in [6.45, 7) is 0.494. The zero-order valence-electron chi connectivity index (χ0n) is 14.4. The first kappa shape index (κ1) is 18.0. The molecule has 1 amide bonds. The first-order valence-electron chi connectivity index (χ1n) is 8.79. The van der Waals surface area contributed by atoms with Crippen molar-refractivity contribution in [3.63, 3.8) is 0 Å². The Kier molecular flexibility index (Phi) is 5.61. The van der Waals surface area contributed by atoms with Crippen molar-refractivity contribution in [2.75, 3.05) is 6.54 Å². The van der Waals surface area contributed by atoms with Gasteiger partial charge >= 0.3 is 5.97 Å². The lowest BCUT2D eigenvalue weighted by Crippen LogP contribution is -2.40. The molecule has 0 atom stereocenters. The maximum atomic E-state index is 13.4. The minimum atomic E-state index is -1.12. The van der Waals surface area contributed by atoms with Gasteiger partial charge in [0.25, 0.3) is 5.91 Å². The average molecular weight is 356 g/mol. The van der Waals surface area contributed by atoms with Gasteiger partial charge in [0.05, 0.1) is 5.56 Å². The molecule has 3 rings (SSSR count). The number of benzene rings is 1. The molecule has 1 fully saturated rings. The van der Waals surface area contributed by atoms with Crippen molar-refractivity contribution in [1.82, 2.24) is 9.88 Å². The number of aromatic nitrogens is 1. The van der Waals surface area contributed by atoms with E-state index in [1.165, 1.54) is 30.5 Å². The van der Waals surface area contributed by atoms with Crippen LogP contribution < -0.4 is 0 Å². The normalized spacial score (nSPS) is 14.3. The summed E-state index contributed by atoms with van der Waals surface area (Å²) in [6, 6.07) is 9.41. The van der Waals surface area contributed by atoms with Gasteiger partial charge in [-0.15, -0.1) is 0 Å². The summed E-state index contributed by atoms with van der Waals surface area (Å²) >= 11 is 0. The second kappa shape index (κ2) is 8.08. The number of carboxylic acids is 1. The molecule has 0 radical (unpaired) electrons. The van der Waals surface area contributed by atoms with E-state index in [0.29, 0.717) is 18.5 Å². The van der Waals surface area contributed by atoms with Crippen molar-refractivity contribution in [3.05, 3.63) is 65.2 Å². The standard InChI is InChI=1S/C20H21FN2O3/c21-16-5-3-4-14(12-16)10-11-23(17-6-1-2-7-17)19(24)15-8-9-18(20(25)26)22-13-15/h3-5,8-9,12-13,17H,1-2,6-7,10-11H2,(H,25,26). The van der Waals surface area contributed by atoms with Crippen LogP contribution in [-0.4, -0.2) is 39.5 Å². The molecule has 2 aromatic rings. The first-order chi connectivity index (χ1) is 12.5. The van der Waals surface area contributed by atoms with Crippen molar-refractivity contribution in [3.8, 4) is 0 Å². The van der Waals surface area contributed by atoms with Crippen LogP contribution in [0.15, 0.2) is 42.6 Å². The molecule has 1 aromatic heterocycles. The van der Waals surface area contributed by atoms with Crippen LogP contribution in [-0.2, 0) is 6.42 Å². The zero-order chi connectivity index (χ0) is 18.5. The minimum Gasteiger partial charge on any atom is -0.477 e. The summed E-state index contributed by atoms with van der Waals surface area (Å²) < 4.78 is 13.4. The van der Waals surface area contributed by atoms with Crippen molar-refractivity contribution in [2.24, 2.45) is 0 Å². The van der Waals surface area contributed by atoms with Crippen molar-refractivity contribution < 1.29 is 19.1 Å². The van der Waals surface area contributed by atoms with Crippen LogP contribution in [0.4, 0.5) is 4.39 Å². The Hall–Kier alpha value is -2.76. The van der Waals surface area contributed by atoms with E-state index in [4.69, 9.17) is 5.11 Å². The summed E-state index contributed by atoms with van der Waals surface area (Å²) in [4.78, 5) is 29.6. The van der Waals surface area contributed by atoms with Gasteiger partial charge in [-0.1, -0.05) is 25.0 Å². The lowest BCUT2D eigenvalue weighted by molar-refractivity contribution is 0.0671. The summed E-state index contributed by atoms with van der Waals surface area (Å²) in [5.41, 5.74) is 1.13. The fourth-order valence-electron chi connectivity index (χ4n) is 3.42. The molecule has 1 aliphatic carbocycles. The van der Waals surface area contributed by atoms with Crippen LogP contribution in [0.25, 0.3) is 0 Å². The topological polar surface area (TPSA) is 70.5 Å². The number of aromatic carboxylic acids is 1. The highest BCUT2D eigenvalue weighted by molar-refractivity contribution is 5.95. The molecule has 1 aliphatic rings. The Balaban J connectivity index is 1.76. The lowest BCUT2D eigenvalue weighted by atomic mass is 10.1. The third-order valence-electron chi connectivity index (χ3n) is 4.79. The number of amides is 1. The van der Waals surface area contributed by atoms with Gasteiger partial charge in [0.15, 0.2) is 0 Å². The molecule has 0 spiro atoms. The molecule has 0 aliphatic heterocycles. The minimum absolute atomic E-state index is 0.0891. The van der Waals surface area contributed by atoms with Gasteiger partial charge in [-0.3, -0.25) is 4.79 Å². The SMILES string of the molecule is O=C(O)c1ccc(C(=O)N(CCc2cccc(F)c2)C2CCCC2)cn1. The maximum absolute atomic E-state index is 13.4. The highest BCUT2D eigenvalue weighted by Crippen LogP contribution is 2.25. The highest BCUT2D eigenvalue weighted by Gasteiger charge is 2.27. The van der Waals surface area contributed by atoms with Gasteiger partial charge in [-0.2, -0.15) is 0 Å². The average Bonchev–Trinajstić information content (AvgIpc) is 3.16. The number of hydrogen-bond donors (Lipinski definition) is 1. The Morgan fingerprint density at radius 1 is 1.19 bits per heavy atom. The predicted molar refractivity (Wildman–Crippen MR) is 94.6 cm³/mol. The first-order valence-corrected chi connectivity index (χ1v) is 8.79. The van der Waals surface area contributed by atoms with Crippen LogP contribution in [0.2, 0.25) is 0 Å². The molecular weight excluding hydrogens is 335 g/mol. The molecular formula is C20H21FN2O3. The zero-order valence-corrected chi connectivity index (χ0v) is 14.4. The monoisotopic (exact) mass is 356 g/mol. The van der Waals surface area contributed by atoms with E-state index in [1.54, 1.807) is 6.07 Å². The van der Waals surface area contributed by atoms with Gasteiger partial charge in [0.2, 0.25) is 0 Å². The summed E-state index contributed by atoms with van der Waals surface area (Å²) in [5.74, 6) is -1.56. The third-order valence-corrected chi connectivity index (χ3v) is 4.79. The number of nitrogens with zero attached hydrogens (tertiary/aromatic N) is 2. The molecule has 1 saturated carbocycles. The number of hydrogen-bond acceptors (Lipinski definition) is 3. The smallest absolute Gasteiger partial charge is 0.354 e. The Bertz CT molecular complexity index is 786. The van der Waals surface area contributed by atoms with E-state index < -0.39 is 5.97 Å². The molecule has 0 unspecified atom stereocenters.